The molecule has 4 N–H and O–H groups in total. The van der Waals surface area contributed by atoms with Gasteiger partial charge in [-0.25, -0.2) is 13.6 Å². The summed E-state index contributed by atoms with van der Waals surface area (Å²) in [4.78, 5) is 12.4. The molecule has 0 spiro atoms. The number of carbonyl (C=O) groups excluding carboxylic acids is 1. The smallest absolute Gasteiger partial charge is 0.251 e. The Kier molecular flexibility index (Phi) is 6.34. The number of rotatable bonds is 7. The molecule has 0 radical (unpaired) electrons. The fourth-order valence-electron chi connectivity index (χ4n) is 3.04. The van der Waals surface area contributed by atoms with Crippen LogP contribution in [0.15, 0.2) is 24.3 Å². The lowest BCUT2D eigenvalue weighted by Crippen LogP contribution is -2.47. The van der Waals surface area contributed by atoms with Crippen molar-refractivity contribution in [1.82, 2.24) is 10.6 Å². The Bertz CT molecular complexity index is 664. The minimum atomic E-state index is -3.62. The summed E-state index contributed by atoms with van der Waals surface area (Å²) in [6, 6.07) is 6.52. The summed E-state index contributed by atoms with van der Waals surface area (Å²) >= 11 is 0. The summed E-state index contributed by atoms with van der Waals surface area (Å²) in [6.45, 7) is 2.94. The molecule has 0 saturated carbocycles. The zero-order valence-electron chi connectivity index (χ0n) is 13.9. The molecule has 2 rings (SSSR count). The average molecular weight is 355 g/mol. The first-order chi connectivity index (χ1) is 11.3. The highest BCUT2D eigenvalue weighted by Gasteiger charge is 2.32. The van der Waals surface area contributed by atoms with Gasteiger partial charge in [0.15, 0.2) is 0 Å². The monoisotopic (exact) mass is 355 g/mol. The van der Waals surface area contributed by atoms with E-state index in [1.807, 2.05) is 0 Å². The first kappa shape index (κ1) is 18.9. The number of primary sulfonamides is 1. The van der Waals surface area contributed by atoms with Gasteiger partial charge in [0.25, 0.3) is 5.91 Å². The van der Waals surface area contributed by atoms with Crippen LogP contribution in [0.2, 0.25) is 0 Å². The van der Waals surface area contributed by atoms with E-state index in [4.69, 9.17) is 9.88 Å². The number of carbonyl (C=O) groups is 1. The van der Waals surface area contributed by atoms with Crippen molar-refractivity contribution in [3.63, 3.8) is 0 Å². The van der Waals surface area contributed by atoms with Gasteiger partial charge in [-0.2, -0.15) is 0 Å². The molecule has 1 heterocycles. The molecule has 1 saturated heterocycles. The van der Waals surface area contributed by atoms with Crippen molar-refractivity contribution in [2.24, 2.45) is 10.6 Å². The van der Waals surface area contributed by atoms with Gasteiger partial charge >= 0.3 is 0 Å². The quantitative estimate of drug-likeness (QED) is 0.648. The maximum Gasteiger partial charge on any atom is 0.251 e. The van der Waals surface area contributed by atoms with Crippen molar-refractivity contribution in [3.8, 4) is 0 Å². The van der Waals surface area contributed by atoms with Gasteiger partial charge in [-0.05, 0) is 43.6 Å². The summed E-state index contributed by atoms with van der Waals surface area (Å²) in [5, 5.41) is 11.3. The van der Waals surface area contributed by atoms with E-state index in [-0.39, 0.29) is 17.1 Å². The number of nitrogens with one attached hydrogen (secondary N) is 2. The van der Waals surface area contributed by atoms with E-state index in [9.17, 15) is 13.2 Å². The highest BCUT2D eigenvalue weighted by Crippen LogP contribution is 2.28. The summed E-state index contributed by atoms with van der Waals surface area (Å²) in [7, 11) is -1.95. The fraction of sp³-hybridized carbons (Fsp3) is 0.562. The van der Waals surface area contributed by atoms with Crippen molar-refractivity contribution < 1.29 is 17.9 Å². The Morgan fingerprint density at radius 1 is 1.38 bits per heavy atom. The largest absolute Gasteiger partial charge is 0.384 e. The van der Waals surface area contributed by atoms with Gasteiger partial charge in [0, 0.05) is 24.6 Å². The molecule has 24 heavy (non-hydrogen) atoms. The highest BCUT2D eigenvalue weighted by molar-refractivity contribution is 7.88. The summed E-state index contributed by atoms with van der Waals surface area (Å²) in [6.07, 6.45) is 1.87. The molecule has 8 heteroatoms. The molecule has 1 aromatic rings. The SMILES string of the molecule is COCC1(CNC(=O)c2cccc(CS(N)(=O)=O)c2)CCNCC1. The third kappa shape index (κ3) is 5.55. The van der Waals surface area contributed by atoms with Crippen molar-refractivity contribution in [2.45, 2.75) is 18.6 Å². The maximum atomic E-state index is 12.4. The Balaban J connectivity index is 2.02. The van der Waals surface area contributed by atoms with Gasteiger partial charge in [-0.1, -0.05) is 12.1 Å². The molecular formula is C16H25N3O4S. The van der Waals surface area contributed by atoms with Crippen LogP contribution >= 0.6 is 0 Å². The molecule has 134 valence electrons. The number of hydrogen-bond acceptors (Lipinski definition) is 5. The van der Waals surface area contributed by atoms with Crippen LogP contribution in [0.1, 0.15) is 28.8 Å². The Labute approximate surface area is 143 Å². The Morgan fingerprint density at radius 2 is 2.08 bits per heavy atom. The van der Waals surface area contributed by atoms with E-state index in [0.717, 1.165) is 25.9 Å². The van der Waals surface area contributed by atoms with Crippen LogP contribution in [0.4, 0.5) is 0 Å². The second-order valence-electron chi connectivity index (χ2n) is 6.37. The van der Waals surface area contributed by atoms with E-state index in [0.29, 0.717) is 24.3 Å². The lowest BCUT2D eigenvalue weighted by Gasteiger charge is -2.37. The molecule has 0 unspecified atom stereocenters. The predicted molar refractivity (Wildman–Crippen MR) is 92.0 cm³/mol. The van der Waals surface area contributed by atoms with Crippen molar-refractivity contribution >= 4 is 15.9 Å². The third-order valence-corrected chi connectivity index (χ3v) is 5.03. The van der Waals surface area contributed by atoms with Crippen LogP contribution in [-0.2, 0) is 20.5 Å². The zero-order chi connectivity index (χ0) is 17.6. The first-order valence-electron chi connectivity index (χ1n) is 7.91. The number of methoxy groups -OCH3 is 1. The summed E-state index contributed by atoms with van der Waals surface area (Å²) < 4.78 is 27.7. The molecule has 0 aromatic heterocycles. The lowest BCUT2D eigenvalue weighted by atomic mass is 9.79. The molecule has 1 aliphatic heterocycles. The van der Waals surface area contributed by atoms with Crippen LogP contribution in [-0.4, -0.2) is 47.7 Å². The molecule has 7 nitrogen and oxygen atoms in total. The van der Waals surface area contributed by atoms with Crippen LogP contribution in [0.25, 0.3) is 0 Å². The summed E-state index contributed by atoms with van der Waals surface area (Å²) in [5.74, 6) is -0.506. The number of ether oxygens (including phenoxy) is 1. The van der Waals surface area contributed by atoms with Crippen molar-refractivity contribution in [3.05, 3.63) is 35.4 Å². The first-order valence-corrected chi connectivity index (χ1v) is 9.62. The molecule has 0 aliphatic carbocycles. The predicted octanol–water partition coefficient (Wildman–Crippen LogP) is 0.221. The molecule has 0 atom stereocenters. The molecule has 0 bridgehead atoms. The average Bonchev–Trinajstić information content (AvgIpc) is 2.52. The lowest BCUT2D eigenvalue weighted by molar-refractivity contribution is 0.0511. The number of amides is 1. The van der Waals surface area contributed by atoms with E-state index >= 15 is 0 Å². The van der Waals surface area contributed by atoms with Gasteiger partial charge in [-0.3, -0.25) is 4.79 Å². The minimum Gasteiger partial charge on any atom is -0.384 e. The second kappa shape index (κ2) is 8.06. The van der Waals surface area contributed by atoms with Gasteiger partial charge in [0.05, 0.1) is 12.4 Å². The van der Waals surface area contributed by atoms with E-state index < -0.39 is 10.0 Å². The fourth-order valence-corrected chi connectivity index (χ4v) is 3.68. The molecular weight excluding hydrogens is 330 g/mol. The van der Waals surface area contributed by atoms with Crippen molar-refractivity contribution in [1.29, 1.82) is 0 Å². The Morgan fingerprint density at radius 3 is 2.71 bits per heavy atom. The van der Waals surface area contributed by atoms with E-state index in [2.05, 4.69) is 10.6 Å². The number of benzene rings is 1. The highest BCUT2D eigenvalue weighted by atomic mass is 32.2. The maximum absolute atomic E-state index is 12.4. The van der Waals surface area contributed by atoms with Crippen LogP contribution in [0.3, 0.4) is 0 Å². The van der Waals surface area contributed by atoms with Gasteiger partial charge in [-0.15, -0.1) is 0 Å². The van der Waals surface area contributed by atoms with Crippen LogP contribution < -0.4 is 15.8 Å². The topological polar surface area (TPSA) is 111 Å². The summed E-state index contributed by atoms with van der Waals surface area (Å²) in [5.41, 5.74) is 0.865. The van der Waals surface area contributed by atoms with E-state index in [1.54, 1.807) is 31.4 Å². The third-order valence-electron chi connectivity index (χ3n) is 4.30. The van der Waals surface area contributed by atoms with Crippen LogP contribution in [0, 0.1) is 5.41 Å². The minimum absolute atomic E-state index is 0.0616. The molecule has 1 fully saturated rings. The molecule has 1 aliphatic rings. The Hall–Kier alpha value is -1.48. The number of nitrogens with two attached hydrogens (primary N) is 1. The second-order valence-corrected chi connectivity index (χ2v) is 7.99. The van der Waals surface area contributed by atoms with Gasteiger partial charge < -0.3 is 15.4 Å². The van der Waals surface area contributed by atoms with Gasteiger partial charge in [0.2, 0.25) is 10.0 Å². The van der Waals surface area contributed by atoms with Crippen LogP contribution in [0.5, 0.6) is 0 Å². The standard InChI is InChI=1S/C16H25N3O4S/c1-23-12-16(5-7-18-8-6-16)11-19-15(20)14-4-2-3-13(9-14)10-24(17,21)22/h2-4,9,18H,5-8,10-12H2,1H3,(H,19,20)(H2,17,21,22). The normalized spacial score (nSPS) is 17.4. The number of sulfonamides is 1. The molecule has 1 amide bonds. The van der Waals surface area contributed by atoms with Crippen molar-refractivity contribution in [2.75, 3.05) is 33.4 Å². The van der Waals surface area contributed by atoms with Gasteiger partial charge in [0.1, 0.15) is 0 Å². The van der Waals surface area contributed by atoms with E-state index in [1.165, 1.54) is 0 Å². The number of hydrogen-bond donors (Lipinski definition) is 3. The number of piperidine rings is 1. The zero-order valence-corrected chi connectivity index (χ0v) is 14.7. The molecule has 1 aromatic carbocycles.